The van der Waals surface area contributed by atoms with Crippen LogP contribution in [0.1, 0.15) is 6.93 Å². The van der Waals surface area contributed by atoms with E-state index < -0.39 is 0 Å². The Hall–Kier alpha value is -1.57. The molecule has 1 aromatic carbocycles. The van der Waals surface area contributed by atoms with Gasteiger partial charge in [-0.15, -0.1) is 0 Å². The molecule has 1 heterocycles. The second-order valence-electron chi connectivity index (χ2n) is 2.64. The van der Waals surface area contributed by atoms with Crippen molar-refractivity contribution in [2.75, 3.05) is 0 Å². The van der Waals surface area contributed by atoms with Gasteiger partial charge < -0.3 is 4.57 Å². The Kier molecular flexibility index (Phi) is 1.61. The predicted octanol–water partition coefficient (Wildman–Crippen LogP) is 1.93. The van der Waals surface area contributed by atoms with Crippen LogP contribution in [-0.4, -0.2) is 9.55 Å². The third kappa shape index (κ3) is 1.53. The number of benzene rings is 1. The van der Waals surface area contributed by atoms with Gasteiger partial charge in [0.05, 0.1) is 7.70 Å². The average molecular weight is 159 g/mol. The van der Waals surface area contributed by atoms with E-state index in [0.717, 1.165) is 6.54 Å². The molecule has 0 unspecified atom stereocenters. The van der Waals surface area contributed by atoms with E-state index in [1.165, 1.54) is 5.56 Å². The van der Waals surface area contributed by atoms with Crippen molar-refractivity contribution in [3.8, 4) is 0 Å². The van der Waals surface area contributed by atoms with Crippen molar-refractivity contribution in [1.29, 1.82) is 0 Å². The summed E-state index contributed by atoms with van der Waals surface area (Å²) in [6, 6.07) is 10.1. The minimum absolute atomic E-state index is 0.448. The number of hydrogen-bond acceptors (Lipinski definition) is 1. The zero-order chi connectivity index (χ0) is 9.10. The summed E-state index contributed by atoms with van der Waals surface area (Å²) < 4.78 is 9.30. The van der Waals surface area contributed by atoms with E-state index in [4.69, 9.17) is 1.37 Å². The van der Waals surface area contributed by atoms with Crippen LogP contribution in [0, 0.1) is 0 Å². The Morgan fingerprint density at radius 2 is 2.17 bits per heavy atom. The fraction of sp³-hybridized carbons (Fsp3) is 0.100. The van der Waals surface area contributed by atoms with E-state index in [0.29, 0.717) is 6.17 Å². The van der Waals surface area contributed by atoms with Crippen molar-refractivity contribution in [3.63, 3.8) is 0 Å². The van der Waals surface area contributed by atoms with Crippen LogP contribution < -0.4 is 0 Å². The van der Waals surface area contributed by atoms with E-state index >= 15 is 0 Å². The predicted molar refractivity (Wildman–Crippen MR) is 47.8 cm³/mol. The Morgan fingerprint density at radius 1 is 1.33 bits per heavy atom. The molecule has 0 aliphatic carbocycles. The van der Waals surface area contributed by atoms with Gasteiger partial charge in [-0.1, -0.05) is 30.3 Å². The summed E-state index contributed by atoms with van der Waals surface area (Å²) in [4.78, 5) is 3.89. The Balaban J connectivity index is 2.20. The van der Waals surface area contributed by atoms with Gasteiger partial charge in [0.25, 0.3) is 0 Å². The third-order valence-electron chi connectivity index (χ3n) is 1.70. The van der Waals surface area contributed by atoms with Crippen LogP contribution in [0.5, 0.6) is 0 Å². The summed E-state index contributed by atoms with van der Waals surface area (Å²) in [5, 5.41) is 0. The molecule has 2 rings (SSSR count). The number of imidazole rings is 1. The quantitative estimate of drug-likeness (QED) is 0.654. The molecule has 0 amide bonds. The maximum Gasteiger partial charge on any atom is 0.0949 e. The third-order valence-corrected chi connectivity index (χ3v) is 1.70. The van der Waals surface area contributed by atoms with E-state index in [1.54, 1.807) is 17.1 Å². The monoisotopic (exact) mass is 159 g/mol. The molecule has 0 spiro atoms. The van der Waals surface area contributed by atoms with E-state index in [2.05, 4.69) is 4.98 Å². The van der Waals surface area contributed by atoms with Crippen molar-refractivity contribution >= 4 is 0 Å². The molecular formula is C10H10N2. The van der Waals surface area contributed by atoms with Crippen LogP contribution in [-0.2, 0) is 6.54 Å². The molecule has 60 valence electrons. The zero-order valence-corrected chi connectivity index (χ0v) is 6.64. The number of aromatic nitrogens is 2. The van der Waals surface area contributed by atoms with Crippen molar-refractivity contribution in [1.82, 2.24) is 9.55 Å². The van der Waals surface area contributed by atoms with Crippen LogP contribution in [0.25, 0.3) is 0 Å². The molecule has 0 aliphatic rings. The molecule has 0 saturated carbocycles. The fourth-order valence-electron chi connectivity index (χ4n) is 1.12. The normalized spacial score (nSPS) is 11.2. The van der Waals surface area contributed by atoms with Gasteiger partial charge >= 0.3 is 0 Å². The molecule has 0 fully saturated rings. The highest BCUT2D eigenvalue weighted by Gasteiger charge is 1.91. The highest BCUT2D eigenvalue weighted by Crippen LogP contribution is 2.00. The van der Waals surface area contributed by atoms with Crippen LogP contribution >= 0.6 is 0 Å². The summed E-state index contributed by atoms with van der Waals surface area (Å²) in [7, 11) is 0. The highest BCUT2D eigenvalue weighted by atomic mass is 15.0. The maximum atomic E-state index is 7.50. The first-order chi connectivity index (χ1) is 6.36. The molecule has 12 heavy (non-hydrogen) atoms. The van der Waals surface area contributed by atoms with Gasteiger partial charge in [-0.25, -0.2) is 4.98 Å². The van der Waals surface area contributed by atoms with Gasteiger partial charge in [0.15, 0.2) is 0 Å². The SMILES string of the molecule is [2H]c1cncn1Cc1ccccc1. The molecule has 0 aliphatic heterocycles. The maximum absolute atomic E-state index is 7.50. The minimum atomic E-state index is 0.448. The fourth-order valence-corrected chi connectivity index (χ4v) is 1.12. The first kappa shape index (κ1) is 6.00. The molecule has 2 nitrogen and oxygen atoms in total. The zero-order valence-electron chi connectivity index (χ0n) is 7.64. The number of rotatable bonds is 2. The number of nitrogens with zero attached hydrogens (tertiary/aromatic N) is 2. The van der Waals surface area contributed by atoms with Crippen molar-refractivity contribution in [3.05, 3.63) is 54.6 Å². The smallest absolute Gasteiger partial charge is 0.0949 e. The lowest BCUT2D eigenvalue weighted by molar-refractivity contribution is 0.797. The highest BCUT2D eigenvalue weighted by molar-refractivity contribution is 5.14. The largest absolute Gasteiger partial charge is 0.333 e. The van der Waals surface area contributed by atoms with Crippen molar-refractivity contribution in [2.45, 2.75) is 6.54 Å². The molecule has 1 aromatic heterocycles. The summed E-state index contributed by atoms with van der Waals surface area (Å²) in [5.41, 5.74) is 1.19. The van der Waals surface area contributed by atoms with E-state index in [-0.39, 0.29) is 0 Å². The van der Waals surface area contributed by atoms with Gasteiger partial charge in [-0.2, -0.15) is 0 Å². The Labute approximate surface area is 72.9 Å². The van der Waals surface area contributed by atoms with Gasteiger partial charge in [0, 0.05) is 18.9 Å². The molecule has 0 atom stereocenters. The first-order valence-electron chi connectivity index (χ1n) is 4.37. The van der Waals surface area contributed by atoms with E-state index in [1.807, 2.05) is 30.3 Å². The topological polar surface area (TPSA) is 17.8 Å². The summed E-state index contributed by atoms with van der Waals surface area (Å²) >= 11 is 0. The van der Waals surface area contributed by atoms with Crippen molar-refractivity contribution in [2.24, 2.45) is 0 Å². The lowest BCUT2D eigenvalue weighted by Crippen LogP contribution is -1.95. The lowest BCUT2D eigenvalue weighted by Gasteiger charge is -2.00. The average Bonchev–Trinajstić information content (AvgIpc) is 2.54. The molecule has 2 aromatic rings. The van der Waals surface area contributed by atoms with Crippen LogP contribution in [0.3, 0.4) is 0 Å². The molecule has 0 bridgehead atoms. The van der Waals surface area contributed by atoms with Crippen LogP contribution in [0.15, 0.2) is 49.0 Å². The summed E-state index contributed by atoms with van der Waals surface area (Å²) in [5.74, 6) is 0. The second-order valence-corrected chi connectivity index (χ2v) is 2.64. The standard InChI is InChI=1S/C10H10N2/c1-2-4-10(5-3-1)8-12-7-6-11-9-12/h1-7,9H,8H2/i7D. The Morgan fingerprint density at radius 3 is 2.83 bits per heavy atom. The molecular weight excluding hydrogens is 148 g/mol. The summed E-state index contributed by atoms with van der Waals surface area (Å²) in [6.07, 6.45) is 3.67. The lowest BCUT2D eigenvalue weighted by atomic mass is 10.2. The molecule has 0 saturated heterocycles. The summed E-state index contributed by atoms with van der Waals surface area (Å²) in [6.45, 7) is 0.722. The van der Waals surface area contributed by atoms with Gasteiger partial charge in [-0.05, 0) is 5.56 Å². The van der Waals surface area contributed by atoms with Crippen LogP contribution in [0.4, 0.5) is 0 Å². The molecule has 2 heteroatoms. The van der Waals surface area contributed by atoms with E-state index in [9.17, 15) is 0 Å². The van der Waals surface area contributed by atoms with Gasteiger partial charge in [0.1, 0.15) is 0 Å². The minimum Gasteiger partial charge on any atom is -0.333 e. The molecule has 0 N–H and O–H groups in total. The van der Waals surface area contributed by atoms with Gasteiger partial charge in [0.2, 0.25) is 0 Å². The first-order valence-corrected chi connectivity index (χ1v) is 3.87. The molecule has 0 radical (unpaired) electrons. The second kappa shape index (κ2) is 3.22. The van der Waals surface area contributed by atoms with Gasteiger partial charge in [-0.3, -0.25) is 0 Å². The van der Waals surface area contributed by atoms with Crippen LogP contribution in [0.2, 0.25) is 0 Å². The Bertz CT molecular complexity index is 381. The number of hydrogen-bond donors (Lipinski definition) is 0. The van der Waals surface area contributed by atoms with Crippen molar-refractivity contribution < 1.29 is 1.37 Å².